The molecule has 6 nitrogen and oxygen atoms in total. The molecule has 0 saturated heterocycles. The number of amides is 2. The second-order valence-electron chi connectivity index (χ2n) is 3.93. The summed E-state index contributed by atoms with van der Waals surface area (Å²) < 4.78 is 4.49. The third kappa shape index (κ3) is 4.36. The molecular weight excluding hydrogens is 268 g/mol. The number of esters is 1. The zero-order chi connectivity index (χ0) is 14.4. The van der Waals surface area contributed by atoms with Crippen molar-refractivity contribution >= 4 is 29.1 Å². The molecule has 0 aliphatic heterocycles. The Kier molecular flexibility index (Phi) is 5.50. The van der Waals surface area contributed by atoms with E-state index in [0.717, 1.165) is 0 Å². The van der Waals surface area contributed by atoms with Crippen molar-refractivity contribution in [2.75, 3.05) is 7.11 Å². The molecule has 104 valence electrons. The zero-order valence-electron chi connectivity index (χ0n) is 10.9. The van der Waals surface area contributed by atoms with Crippen LogP contribution in [0.15, 0.2) is 17.5 Å². The first kappa shape index (κ1) is 15.2. The molecule has 0 aromatic carbocycles. The molecule has 0 aliphatic carbocycles. The Bertz CT molecular complexity index is 458. The summed E-state index contributed by atoms with van der Waals surface area (Å²) in [5.74, 6) is -1.30. The summed E-state index contributed by atoms with van der Waals surface area (Å²) in [4.78, 5) is 35.2. The van der Waals surface area contributed by atoms with E-state index in [2.05, 4.69) is 15.4 Å². The highest BCUT2D eigenvalue weighted by Gasteiger charge is 2.21. The summed E-state index contributed by atoms with van der Waals surface area (Å²) in [5, 5.41) is 6.78. The van der Waals surface area contributed by atoms with Gasteiger partial charge in [-0.05, 0) is 25.3 Å². The number of hydrogen-bond acceptors (Lipinski definition) is 5. The molecule has 1 rings (SSSR count). The molecule has 0 saturated carbocycles. The maximum absolute atomic E-state index is 11.7. The summed E-state index contributed by atoms with van der Waals surface area (Å²) in [5.41, 5.74) is 0. The highest BCUT2D eigenvalue weighted by atomic mass is 32.1. The van der Waals surface area contributed by atoms with Crippen LogP contribution in [0, 0.1) is 0 Å². The number of carbonyl (C=O) groups is 3. The van der Waals surface area contributed by atoms with Crippen LogP contribution >= 0.6 is 11.3 Å². The van der Waals surface area contributed by atoms with E-state index >= 15 is 0 Å². The zero-order valence-corrected chi connectivity index (χ0v) is 11.7. The minimum atomic E-state index is -0.751. The lowest BCUT2D eigenvalue weighted by Crippen LogP contribution is -2.49. The lowest BCUT2D eigenvalue weighted by molar-refractivity contribution is -0.144. The standard InChI is InChI=1S/C12H16N2O4S/c1-7(10(15)14-8(2)12(17)18-3)13-11(16)9-5-4-6-19-9/h4-8H,1-3H3,(H,13,16)(H,14,15). The molecule has 1 aromatic heterocycles. The Morgan fingerprint density at radius 3 is 2.42 bits per heavy atom. The van der Waals surface area contributed by atoms with Gasteiger partial charge in [0.15, 0.2) is 0 Å². The van der Waals surface area contributed by atoms with E-state index in [0.29, 0.717) is 4.88 Å². The molecule has 19 heavy (non-hydrogen) atoms. The van der Waals surface area contributed by atoms with E-state index in [1.54, 1.807) is 24.4 Å². The van der Waals surface area contributed by atoms with Crippen LogP contribution in [-0.2, 0) is 14.3 Å². The van der Waals surface area contributed by atoms with Gasteiger partial charge >= 0.3 is 5.97 Å². The van der Waals surface area contributed by atoms with Gasteiger partial charge in [0.1, 0.15) is 12.1 Å². The first-order chi connectivity index (χ1) is 8.95. The molecule has 1 aromatic rings. The van der Waals surface area contributed by atoms with E-state index in [9.17, 15) is 14.4 Å². The highest BCUT2D eigenvalue weighted by Crippen LogP contribution is 2.08. The van der Waals surface area contributed by atoms with Crippen LogP contribution in [0.5, 0.6) is 0 Å². The molecule has 2 N–H and O–H groups in total. The number of thiophene rings is 1. The van der Waals surface area contributed by atoms with Gasteiger partial charge in [0, 0.05) is 0 Å². The predicted molar refractivity (Wildman–Crippen MR) is 70.9 cm³/mol. The second kappa shape index (κ2) is 6.89. The molecule has 2 unspecified atom stereocenters. The highest BCUT2D eigenvalue weighted by molar-refractivity contribution is 7.12. The minimum absolute atomic E-state index is 0.316. The van der Waals surface area contributed by atoms with Crippen molar-refractivity contribution in [1.82, 2.24) is 10.6 Å². The lowest BCUT2D eigenvalue weighted by Gasteiger charge is -2.16. The van der Waals surface area contributed by atoms with Crippen LogP contribution in [0.25, 0.3) is 0 Å². The van der Waals surface area contributed by atoms with Crippen LogP contribution in [0.2, 0.25) is 0 Å². The summed E-state index contributed by atoms with van der Waals surface area (Å²) in [6.45, 7) is 3.06. The fourth-order valence-corrected chi connectivity index (χ4v) is 1.94. The molecule has 0 bridgehead atoms. The third-order valence-electron chi connectivity index (χ3n) is 2.40. The van der Waals surface area contributed by atoms with Crippen LogP contribution < -0.4 is 10.6 Å². The Hall–Kier alpha value is -1.89. The van der Waals surface area contributed by atoms with Crippen LogP contribution in [0.3, 0.4) is 0 Å². The number of methoxy groups -OCH3 is 1. The topological polar surface area (TPSA) is 84.5 Å². The largest absolute Gasteiger partial charge is 0.467 e. The Balaban J connectivity index is 2.49. The maximum Gasteiger partial charge on any atom is 0.328 e. The molecule has 7 heteroatoms. The van der Waals surface area contributed by atoms with Gasteiger partial charge in [0.25, 0.3) is 5.91 Å². The van der Waals surface area contributed by atoms with Gasteiger partial charge in [-0.25, -0.2) is 4.79 Å². The second-order valence-corrected chi connectivity index (χ2v) is 4.87. The fraction of sp³-hybridized carbons (Fsp3) is 0.417. The van der Waals surface area contributed by atoms with Crippen molar-refractivity contribution in [3.05, 3.63) is 22.4 Å². The van der Waals surface area contributed by atoms with E-state index in [-0.39, 0.29) is 5.91 Å². The van der Waals surface area contributed by atoms with Gasteiger partial charge in [-0.1, -0.05) is 6.07 Å². The van der Waals surface area contributed by atoms with E-state index < -0.39 is 24.0 Å². The van der Waals surface area contributed by atoms with Gasteiger partial charge in [0.05, 0.1) is 12.0 Å². The normalized spacial score (nSPS) is 13.2. The first-order valence-corrected chi connectivity index (χ1v) is 6.56. The van der Waals surface area contributed by atoms with Crippen molar-refractivity contribution in [1.29, 1.82) is 0 Å². The molecular formula is C12H16N2O4S. The van der Waals surface area contributed by atoms with Crippen molar-refractivity contribution < 1.29 is 19.1 Å². The molecule has 1 heterocycles. The quantitative estimate of drug-likeness (QED) is 0.773. The molecule has 0 spiro atoms. The number of carbonyl (C=O) groups excluding carboxylic acids is 3. The van der Waals surface area contributed by atoms with E-state index in [1.165, 1.54) is 25.4 Å². The van der Waals surface area contributed by atoms with Crippen LogP contribution in [0.1, 0.15) is 23.5 Å². The predicted octanol–water partition coefficient (Wildman–Crippen LogP) is 0.544. The minimum Gasteiger partial charge on any atom is -0.467 e. The van der Waals surface area contributed by atoms with Crippen molar-refractivity contribution in [3.63, 3.8) is 0 Å². The van der Waals surface area contributed by atoms with Crippen molar-refractivity contribution in [2.45, 2.75) is 25.9 Å². The van der Waals surface area contributed by atoms with Gasteiger partial charge in [-0.2, -0.15) is 0 Å². The number of ether oxygens (including phenoxy) is 1. The Labute approximate surface area is 115 Å². The molecule has 2 atom stereocenters. The molecule has 2 amide bonds. The molecule has 0 fully saturated rings. The van der Waals surface area contributed by atoms with Gasteiger partial charge in [-0.3, -0.25) is 9.59 Å². The van der Waals surface area contributed by atoms with Gasteiger partial charge in [0.2, 0.25) is 5.91 Å². The number of nitrogens with one attached hydrogen (secondary N) is 2. The molecule has 0 aliphatic rings. The van der Waals surface area contributed by atoms with Crippen LogP contribution in [0.4, 0.5) is 0 Å². The average Bonchev–Trinajstić information content (AvgIpc) is 2.91. The maximum atomic E-state index is 11.7. The van der Waals surface area contributed by atoms with Gasteiger partial charge in [-0.15, -0.1) is 11.3 Å². The van der Waals surface area contributed by atoms with E-state index in [4.69, 9.17) is 0 Å². The summed E-state index contributed by atoms with van der Waals surface area (Å²) >= 11 is 1.29. The fourth-order valence-electron chi connectivity index (χ4n) is 1.32. The lowest BCUT2D eigenvalue weighted by atomic mass is 10.2. The van der Waals surface area contributed by atoms with Crippen LogP contribution in [-0.4, -0.2) is 37.0 Å². The summed E-state index contributed by atoms with van der Waals surface area (Å²) in [6, 6.07) is 1.94. The third-order valence-corrected chi connectivity index (χ3v) is 3.27. The summed E-state index contributed by atoms with van der Waals surface area (Å²) in [7, 11) is 1.24. The van der Waals surface area contributed by atoms with Crippen molar-refractivity contribution in [3.8, 4) is 0 Å². The Morgan fingerprint density at radius 2 is 1.89 bits per heavy atom. The average molecular weight is 284 g/mol. The Morgan fingerprint density at radius 1 is 1.21 bits per heavy atom. The SMILES string of the molecule is COC(=O)C(C)NC(=O)C(C)NC(=O)c1cccs1. The number of hydrogen-bond donors (Lipinski definition) is 2. The van der Waals surface area contributed by atoms with E-state index in [1.807, 2.05) is 0 Å². The van der Waals surface area contributed by atoms with Gasteiger partial charge < -0.3 is 15.4 Å². The number of rotatable bonds is 5. The summed E-state index contributed by atoms with van der Waals surface area (Å²) in [6.07, 6.45) is 0. The first-order valence-electron chi connectivity index (χ1n) is 5.68. The molecule has 0 radical (unpaired) electrons. The monoisotopic (exact) mass is 284 g/mol. The van der Waals surface area contributed by atoms with Crippen molar-refractivity contribution in [2.24, 2.45) is 0 Å². The smallest absolute Gasteiger partial charge is 0.328 e.